The molecule has 0 unspecified atom stereocenters. The van der Waals surface area contributed by atoms with Gasteiger partial charge in [0.25, 0.3) is 0 Å². The maximum absolute atomic E-state index is 4.33. The summed E-state index contributed by atoms with van der Waals surface area (Å²) in [5, 5.41) is 9.62. The second-order valence-electron chi connectivity index (χ2n) is 4.70. The van der Waals surface area contributed by atoms with E-state index in [1.165, 1.54) is 0 Å². The molecule has 5 heteroatoms. The molecule has 0 spiro atoms. The van der Waals surface area contributed by atoms with Crippen molar-refractivity contribution in [2.45, 2.75) is 31.7 Å². The minimum absolute atomic E-state index is 0.539. The number of nitrogens with zero attached hydrogens (tertiary/aromatic N) is 4. The number of benzene rings is 1. The van der Waals surface area contributed by atoms with Crippen LogP contribution in [0.25, 0.3) is 11.4 Å². The van der Waals surface area contributed by atoms with E-state index in [0.29, 0.717) is 6.04 Å². The minimum Gasteiger partial charge on any atom is -0.288 e. The van der Waals surface area contributed by atoms with Crippen LogP contribution >= 0.6 is 11.8 Å². The molecule has 0 N–H and O–H groups in total. The molecular formula is C13H16N4S. The summed E-state index contributed by atoms with van der Waals surface area (Å²) >= 11 is 1.76. The molecule has 0 bridgehead atoms. The Morgan fingerprint density at radius 1 is 1.17 bits per heavy atom. The highest BCUT2D eigenvalue weighted by atomic mass is 32.2. The van der Waals surface area contributed by atoms with Crippen molar-refractivity contribution >= 4 is 11.8 Å². The van der Waals surface area contributed by atoms with E-state index in [2.05, 4.69) is 45.6 Å². The van der Waals surface area contributed by atoms with Crippen molar-refractivity contribution < 1.29 is 0 Å². The molecule has 0 amide bonds. The van der Waals surface area contributed by atoms with Crippen LogP contribution in [0.1, 0.15) is 13.8 Å². The summed E-state index contributed by atoms with van der Waals surface area (Å²) in [6.45, 7) is 5.31. The van der Waals surface area contributed by atoms with Gasteiger partial charge in [-0.2, -0.15) is 0 Å². The zero-order valence-electron chi connectivity index (χ0n) is 10.6. The number of fused-ring (bicyclic) bond motifs is 1. The van der Waals surface area contributed by atoms with Crippen LogP contribution in [0.15, 0.2) is 35.5 Å². The third kappa shape index (κ3) is 2.04. The molecule has 0 aliphatic carbocycles. The van der Waals surface area contributed by atoms with Gasteiger partial charge in [0.2, 0.25) is 0 Å². The van der Waals surface area contributed by atoms with E-state index in [-0.39, 0.29) is 0 Å². The molecule has 1 aliphatic rings. The van der Waals surface area contributed by atoms with Gasteiger partial charge in [-0.05, 0) is 13.8 Å². The number of aromatic nitrogens is 3. The molecule has 2 aromatic rings. The van der Waals surface area contributed by atoms with Crippen LogP contribution in [-0.4, -0.2) is 31.6 Å². The molecule has 3 rings (SSSR count). The zero-order valence-corrected chi connectivity index (χ0v) is 11.4. The highest BCUT2D eigenvalue weighted by molar-refractivity contribution is 7.99. The van der Waals surface area contributed by atoms with Crippen LogP contribution in [0.4, 0.5) is 0 Å². The first-order chi connectivity index (χ1) is 8.75. The molecule has 1 aromatic heterocycles. The number of hydrogen-bond acceptors (Lipinski definition) is 4. The lowest BCUT2D eigenvalue weighted by Crippen LogP contribution is -2.35. The standard InChI is InChI=1S/C13H16N4S/c1-10(2)16-8-17-12(11-6-4-3-5-7-11)14-15-13(17)18-9-16/h3-7,10H,8-9H2,1-2H3. The highest BCUT2D eigenvalue weighted by Gasteiger charge is 2.23. The van der Waals surface area contributed by atoms with E-state index in [4.69, 9.17) is 0 Å². The Balaban J connectivity index is 1.98. The summed E-state index contributed by atoms with van der Waals surface area (Å²) in [5.41, 5.74) is 1.13. The summed E-state index contributed by atoms with van der Waals surface area (Å²) in [6.07, 6.45) is 0. The quantitative estimate of drug-likeness (QED) is 0.831. The molecule has 1 aromatic carbocycles. The first-order valence-corrected chi connectivity index (χ1v) is 7.10. The van der Waals surface area contributed by atoms with E-state index in [9.17, 15) is 0 Å². The Kier molecular flexibility index (Phi) is 3.09. The van der Waals surface area contributed by atoms with Crippen LogP contribution in [0.2, 0.25) is 0 Å². The van der Waals surface area contributed by atoms with Gasteiger partial charge >= 0.3 is 0 Å². The predicted molar refractivity (Wildman–Crippen MR) is 73.2 cm³/mol. The minimum atomic E-state index is 0.539. The third-order valence-electron chi connectivity index (χ3n) is 3.16. The van der Waals surface area contributed by atoms with Crippen LogP contribution in [0.5, 0.6) is 0 Å². The molecule has 4 nitrogen and oxygen atoms in total. The van der Waals surface area contributed by atoms with E-state index in [0.717, 1.165) is 29.1 Å². The fourth-order valence-corrected chi connectivity index (χ4v) is 3.06. The fraction of sp³-hybridized carbons (Fsp3) is 0.385. The van der Waals surface area contributed by atoms with Gasteiger partial charge in [-0.3, -0.25) is 9.47 Å². The monoisotopic (exact) mass is 260 g/mol. The van der Waals surface area contributed by atoms with E-state index in [1.807, 2.05) is 18.2 Å². The van der Waals surface area contributed by atoms with Crippen molar-refractivity contribution in [3.63, 3.8) is 0 Å². The first-order valence-electron chi connectivity index (χ1n) is 6.11. The van der Waals surface area contributed by atoms with E-state index < -0.39 is 0 Å². The predicted octanol–water partition coefficient (Wildman–Crippen LogP) is 2.68. The average molecular weight is 260 g/mol. The lowest BCUT2D eigenvalue weighted by molar-refractivity contribution is 0.193. The molecule has 94 valence electrons. The average Bonchev–Trinajstić information content (AvgIpc) is 2.82. The molecule has 0 radical (unpaired) electrons. The summed E-state index contributed by atoms with van der Waals surface area (Å²) in [4.78, 5) is 2.41. The Bertz CT molecular complexity index is 535. The zero-order chi connectivity index (χ0) is 12.5. The van der Waals surface area contributed by atoms with Crippen molar-refractivity contribution in [1.29, 1.82) is 0 Å². The maximum atomic E-state index is 4.33. The number of hydrogen-bond donors (Lipinski definition) is 0. The number of thioether (sulfide) groups is 1. The Morgan fingerprint density at radius 2 is 1.94 bits per heavy atom. The van der Waals surface area contributed by atoms with Gasteiger partial charge in [-0.25, -0.2) is 0 Å². The summed E-state index contributed by atoms with van der Waals surface area (Å²) in [6, 6.07) is 10.8. The highest BCUT2D eigenvalue weighted by Crippen LogP contribution is 2.29. The van der Waals surface area contributed by atoms with E-state index in [1.54, 1.807) is 11.8 Å². The third-order valence-corrected chi connectivity index (χ3v) is 4.18. The van der Waals surface area contributed by atoms with Gasteiger partial charge in [0.1, 0.15) is 0 Å². The van der Waals surface area contributed by atoms with Crippen LogP contribution in [-0.2, 0) is 6.67 Å². The lowest BCUT2D eigenvalue weighted by atomic mass is 10.2. The van der Waals surface area contributed by atoms with Crippen LogP contribution in [0.3, 0.4) is 0 Å². The van der Waals surface area contributed by atoms with Crippen molar-refractivity contribution in [2.75, 3.05) is 5.88 Å². The molecule has 0 atom stereocenters. The van der Waals surface area contributed by atoms with Crippen molar-refractivity contribution in [3.05, 3.63) is 30.3 Å². The lowest BCUT2D eigenvalue weighted by Gasteiger charge is -2.30. The molecule has 2 heterocycles. The molecule has 18 heavy (non-hydrogen) atoms. The first kappa shape index (κ1) is 11.7. The van der Waals surface area contributed by atoms with Crippen molar-refractivity contribution in [1.82, 2.24) is 19.7 Å². The second-order valence-corrected chi connectivity index (χ2v) is 5.61. The molecule has 0 saturated carbocycles. The fourth-order valence-electron chi connectivity index (χ4n) is 2.00. The summed E-state index contributed by atoms with van der Waals surface area (Å²) < 4.78 is 2.20. The normalized spacial score (nSPS) is 15.9. The molecule has 0 saturated heterocycles. The van der Waals surface area contributed by atoms with Crippen LogP contribution in [0, 0.1) is 0 Å². The Labute approximate surface area is 111 Å². The van der Waals surface area contributed by atoms with Crippen LogP contribution < -0.4 is 0 Å². The topological polar surface area (TPSA) is 34.0 Å². The van der Waals surface area contributed by atoms with Gasteiger partial charge in [-0.1, -0.05) is 42.1 Å². The second kappa shape index (κ2) is 4.74. The Hall–Kier alpha value is -1.33. The van der Waals surface area contributed by atoms with Crippen molar-refractivity contribution in [3.8, 4) is 11.4 Å². The Morgan fingerprint density at radius 3 is 2.67 bits per heavy atom. The van der Waals surface area contributed by atoms with E-state index >= 15 is 0 Å². The SMILES string of the molecule is CC(C)N1CSc2nnc(-c3ccccc3)n2C1. The van der Waals surface area contributed by atoms with Crippen molar-refractivity contribution in [2.24, 2.45) is 0 Å². The van der Waals surface area contributed by atoms with Gasteiger partial charge in [0, 0.05) is 11.6 Å². The number of rotatable bonds is 2. The van der Waals surface area contributed by atoms with Gasteiger partial charge in [-0.15, -0.1) is 10.2 Å². The summed E-state index contributed by atoms with van der Waals surface area (Å²) in [7, 11) is 0. The van der Waals surface area contributed by atoms with Gasteiger partial charge in [0.05, 0.1) is 12.5 Å². The molecule has 1 aliphatic heterocycles. The maximum Gasteiger partial charge on any atom is 0.193 e. The van der Waals surface area contributed by atoms with Gasteiger partial charge in [0.15, 0.2) is 11.0 Å². The molecular weight excluding hydrogens is 244 g/mol. The molecule has 0 fully saturated rings. The summed E-state index contributed by atoms with van der Waals surface area (Å²) in [5.74, 6) is 1.95. The largest absolute Gasteiger partial charge is 0.288 e. The van der Waals surface area contributed by atoms with Gasteiger partial charge < -0.3 is 0 Å². The smallest absolute Gasteiger partial charge is 0.193 e.